The number of allylic oxidation sites excluding steroid dienone is 2. The Hall–Kier alpha value is -2.04. The summed E-state index contributed by atoms with van der Waals surface area (Å²) in [5.41, 5.74) is -0.0490. The van der Waals surface area contributed by atoms with Crippen LogP contribution in [0.5, 0.6) is 0 Å². The highest BCUT2D eigenvalue weighted by atomic mass is 16.6. The number of aromatic nitrogens is 1. The fraction of sp³-hybridized carbons (Fsp3) is 0.429. The molecule has 1 aromatic heterocycles. The molecule has 5 nitrogen and oxygen atoms in total. The predicted molar refractivity (Wildman–Crippen MR) is 72.8 cm³/mol. The first-order valence-electron chi connectivity index (χ1n) is 5.96. The van der Waals surface area contributed by atoms with Gasteiger partial charge in [-0.25, -0.2) is 4.79 Å². The number of oxazole rings is 1. The summed E-state index contributed by atoms with van der Waals surface area (Å²) in [4.78, 5) is 23.4. The number of rotatable bonds is 4. The smallest absolute Gasteiger partial charge is 0.420 e. The van der Waals surface area contributed by atoms with E-state index in [0.29, 0.717) is 11.5 Å². The van der Waals surface area contributed by atoms with E-state index in [2.05, 4.69) is 6.58 Å². The van der Waals surface area contributed by atoms with E-state index in [9.17, 15) is 9.59 Å². The van der Waals surface area contributed by atoms with Crippen LogP contribution in [0.15, 0.2) is 27.9 Å². The number of hydrogen-bond donors (Lipinski definition) is 0. The standard InChI is InChI=1S/C14H19NO4/c1-6-7-8-11-10(2)18-13(17)15(11)9-12(16)19-14(3,4)5/h6-8H,1,9H2,2-5H3/b8-7-. The molecule has 0 saturated heterocycles. The number of carbonyl (C=O) groups excluding carboxylic acids is 1. The summed E-state index contributed by atoms with van der Waals surface area (Å²) in [6, 6.07) is 0. The highest BCUT2D eigenvalue weighted by molar-refractivity contribution is 5.70. The van der Waals surface area contributed by atoms with Crippen LogP contribution < -0.4 is 5.76 Å². The van der Waals surface area contributed by atoms with Gasteiger partial charge in [0, 0.05) is 0 Å². The molecular weight excluding hydrogens is 246 g/mol. The van der Waals surface area contributed by atoms with Gasteiger partial charge in [0.1, 0.15) is 17.9 Å². The minimum atomic E-state index is -0.587. The van der Waals surface area contributed by atoms with Crippen LogP contribution in [-0.2, 0) is 16.1 Å². The van der Waals surface area contributed by atoms with Crippen molar-refractivity contribution >= 4 is 12.0 Å². The largest absolute Gasteiger partial charge is 0.459 e. The molecule has 1 heterocycles. The second kappa shape index (κ2) is 5.73. The summed E-state index contributed by atoms with van der Waals surface area (Å²) < 4.78 is 11.4. The maximum atomic E-state index is 11.7. The van der Waals surface area contributed by atoms with Crippen LogP contribution in [0.25, 0.3) is 6.08 Å². The van der Waals surface area contributed by atoms with E-state index in [0.717, 1.165) is 0 Å². The lowest BCUT2D eigenvalue weighted by molar-refractivity contribution is -0.155. The van der Waals surface area contributed by atoms with Crippen molar-refractivity contribution in [3.63, 3.8) is 0 Å². The Bertz CT molecular complexity index is 555. The first-order chi connectivity index (χ1) is 8.74. The van der Waals surface area contributed by atoms with E-state index in [1.165, 1.54) is 4.57 Å². The van der Waals surface area contributed by atoms with Crippen molar-refractivity contribution in [1.29, 1.82) is 0 Å². The molecule has 104 valence electrons. The molecule has 0 aliphatic carbocycles. The Morgan fingerprint density at radius 2 is 2.11 bits per heavy atom. The summed E-state index contributed by atoms with van der Waals surface area (Å²) in [6.07, 6.45) is 4.91. The number of aryl methyl sites for hydroxylation is 1. The van der Waals surface area contributed by atoms with Crippen LogP contribution >= 0.6 is 0 Å². The van der Waals surface area contributed by atoms with Crippen LogP contribution in [0.2, 0.25) is 0 Å². The van der Waals surface area contributed by atoms with E-state index in [-0.39, 0.29) is 6.54 Å². The zero-order valence-corrected chi connectivity index (χ0v) is 11.7. The maximum absolute atomic E-state index is 11.7. The van der Waals surface area contributed by atoms with Gasteiger partial charge < -0.3 is 9.15 Å². The predicted octanol–water partition coefficient (Wildman–Crippen LogP) is 2.29. The number of esters is 1. The van der Waals surface area contributed by atoms with Gasteiger partial charge in [-0.15, -0.1) is 0 Å². The molecule has 0 amide bonds. The zero-order chi connectivity index (χ0) is 14.6. The van der Waals surface area contributed by atoms with Crippen molar-refractivity contribution in [2.24, 2.45) is 0 Å². The molecule has 0 aromatic carbocycles. The molecule has 1 rings (SSSR count). The van der Waals surface area contributed by atoms with Crippen molar-refractivity contribution in [3.8, 4) is 0 Å². The lowest BCUT2D eigenvalue weighted by atomic mass is 10.2. The fourth-order valence-electron chi connectivity index (χ4n) is 1.55. The van der Waals surface area contributed by atoms with Gasteiger partial charge >= 0.3 is 11.7 Å². The monoisotopic (exact) mass is 265 g/mol. The number of ether oxygens (including phenoxy) is 1. The van der Waals surface area contributed by atoms with Crippen LogP contribution in [0, 0.1) is 6.92 Å². The molecule has 0 N–H and O–H groups in total. The third-order valence-electron chi connectivity index (χ3n) is 2.21. The van der Waals surface area contributed by atoms with E-state index in [1.54, 1.807) is 45.9 Å². The first kappa shape index (κ1) is 15.0. The molecule has 0 bridgehead atoms. The maximum Gasteiger partial charge on any atom is 0.420 e. The van der Waals surface area contributed by atoms with Gasteiger partial charge in [-0.3, -0.25) is 9.36 Å². The normalized spacial score (nSPS) is 11.8. The molecule has 0 saturated carbocycles. The second-order valence-corrected chi connectivity index (χ2v) is 5.08. The quantitative estimate of drug-likeness (QED) is 0.619. The SMILES string of the molecule is C=C/C=C\c1c(C)oc(=O)n1CC(=O)OC(C)(C)C. The van der Waals surface area contributed by atoms with Gasteiger partial charge in [0.2, 0.25) is 0 Å². The lowest BCUT2D eigenvalue weighted by Crippen LogP contribution is -2.29. The van der Waals surface area contributed by atoms with Crippen molar-refractivity contribution < 1.29 is 13.9 Å². The third kappa shape index (κ3) is 4.28. The molecule has 0 atom stereocenters. The molecule has 0 radical (unpaired) electrons. The Kier molecular flexibility index (Phi) is 4.53. The van der Waals surface area contributed by atoms with E-state index in [4.69, 9.17) is 9.15 Å². The van der Waals surface area contributed by atoms with Gasteiger partial charge in [-0.05, 0) is 33.8 Å². The highest BCUT2D eigenvalue weighted by Gasteiger charge is 2.19. The molecular formula is C14H19NO4. The molecule has 5 heteroatoms. The topological polar surface area (TPSA) is 61.4 Å². The third-order valence-corrected chi connectivity index (χ3v) is 2.21. The van der Waals surface area contributed by atoms with Gasteiger partial charge in [0.25, 0.3) is 0 Å². The van der Waals surface area contributed by atoms with E-state index in [1.807, 2.05) is 0 Å². The molecule has 0 aliphatic heterocycles. The molecule has 0 aliphatic rings. The summed E-state index contributed by atoms with van der Waals surface area (Å²) in [5.74, 6) is -0.609. The fourth-order valence-corrected chi connectivity index (χ4v) is 1.55. The van der Waals surface area contributed by atoms with Crippen LogP contribution in [-0.4, -0.2) is 16.1 Å². The minimum Gasteiger partial charge on any atom is -0.459 e. The average Bonchev–Trinajstić information content (AvgIpc) is 2.49. The number of hydrogen-bond acceptors (Lipinski definition) is 4. The number of carbonyl (C=O) groups is 1. The van der Waals surface area contributed by atoms with Crippen LogP contribution in [0.1, 0.15) is 32.2 Å². The lowest BCUT2D eigenvalue weighted by Gasteiger charge is -2.19. The molecule has 0 unspecified atom stereocenters. The van der Waals surface area contributed by atoms with Crippen molar-refractivity contribution in [1.82, 2.24) is 4.57 Å². The van der Waals surface area contributed by atoms with Crippen LogP contribution in [0.4, 0.5) is 0 Å². The Labute approximate surface area is 112 Å². The molecule has 0 fully saturated rings. The van der Waals surface area contributed by atoms with Gasteiger partial charge in [0.05, 0.1) is 5.69 Å². The van der Waals surface area contributed by atoms with Gasteiger partial charge in [-0.2, -0.15) is 0 Å². The molecule has 1 aromatic rings. The Morgan fingerprint density at radius 3 is 2.63 bits per heavy atom. The first-order valence-corrected chi connectivity index (χ1v) is 5.96. The number of nitrogens with zero attached hydrogens (tertiary/aromatic N) is 1. The van der Waals surface area contributed by atoms with Crippen molar-refractivity contribution in [2.45, 2.75) is 39.8 Å². The highest BCUT2D eigenvalue weighted by Crippen LogP contribution is 2.11. The Balaban J connectivity index is 3.01. The van der Waals surface area contributed by atoms with Gasteiger partial charge in [0.15, 0.2) is 0 Å². The minimum absolute atomic E-state index is 0.176. The van der Waals surface area contributed by atoms with E-state index >= 15 is 0 Å². The average molecular weight is 265 g/mol. The summed E-state index contributed by atoms with van der Waals surface area (Å²) in [5, 5.41) is 0. The summed E-state index contributed by atoms with van der Waals surface area (Å²) in [7, 11) is 0. The van der Waals surface area contributed by atoms with Gasteiger partial charge in [-0.1, -0.05) is 18.7 Å². The summed E-state index contributed by atoms with van der Waals surface area (Å²) >= 11 is 0. The molecule has 19 heavy (non-hydrogen) atoms. The Morgan fingerprint density at radius 1 is 1.47 bits per heavy atom. The van der Waals surface area contributed by atoms with E-state index < -0.39 is 17.3 Å². The second-order valence-electron chi connectivity index (χ2n) is 5.08. The van der Waals surface area contributed by atoms with Crippen molar-refractivity contribution in [3.05, 3.63) is 40.7 Å². The zero-order valence-electron chi connectivity index (χ0n) is 11.7. The molecule has 0 spiro atoms. The van der Waals surface area contributed by atoms with Crippen molar-refractivity contribution in [2.75, 3.05) is 0 Å². The van der Waals surface area contributed by atoms with Crippen LogP contribution in [0.3, 0.4) is 0 Å². The summed E-state index contributed by atoms with van der Waals surface area (Å²) in [6.45, 7) is 10.4.